The number of aliphatic hydroxyl groups excluding tert-OH is 1. The number of carbonyl (C=O) groups excluding carboxylic acids is 3. The summed E-state index contributed by atoms with van der Waals surface area (Å²) in [5.74, 6) is -1.55. The average molecular weight is 1110 g/mol. The highest BCUT2D eigenvalue weighted by atomic mass is 31.2. The Labute approximate surface area is 475 Å². The fourth-order valence-electron chi connectivity index (χ4n) is 8.09. The summed E-state index contributed by atoms with van der Waals surface area (Å²) in [6.07, 6.45) is 71.9. The summed E-state index contributed by atoms with van der Waals surface area (Å²) in [6, 6.07) is 0. The zero-order chi connectivity index (χ0) is 56.9. The zero-order valence-corrected chi connectivity index (χ0v) is 50.2. The first kappa shape index (κ1) is 74.1. The van der Waals surface area contributed by atoms with Gasteiger partial charge in [0, 0.05) is 19.3 Å². The molecule has 0 rings (SSSR count). The van der Waals surface area contributed by atoms with Crippen LogP contribution < -0.4 is 0 Å². The molecular formula is C66H111O11P. The maximum Gasteiger partial charge on any atom is 0.472 e. The first-order chi connectivity index (χ1) is 38.2. The van der Waals surface area contributed by atoms with Gasteiger partial charge >= 0.3 is 25.7 Å². The third-order valence-electron chi connectivity index (χ3n) is 12.7. The molecule has 0 saturated carbocycles. The lowest BCUT2D eigenvalue weighted by molar-refractivity contribution is -0.161. The van der Waals surface area contributed by atoms with Gasteiger partial charge in [0.1, 0.15) is 12.7 Å². The number of phosphoric acid groups is 1. The van der Waals surface area contributed by atoms with Crippen molar-refractivity contribution in [2.75, 3.05) is 26.4 Å². The first-order valence-corrected chi connectivity index (χ1v) is 32.3. The van der Waals surface area contributed by atoms with E-state index in [1.165, 1.54) is 70.6 Å². The number of hydrogen-bond donors (Lipinski definition) is 2. The standard InChI is InChI=1S/C66H111O11P/c1-4-7-10-13-16-19-22-25-28-30-31-33-35-37-40-43-46-49-52-55-64(68)73-59-63(77-66(70)57-54-51-48-45-42-39-36-32-29-26-23-20-17-14-11-8-5-2)61-75-78(71,72)74-60-62(58-67)76-65(69)56-53-50-47-44-41-38-34-27-24-21-18-15-12-9-6-3/h7-8,10-11,16-17,19-20,25-26,28-29,31,33,36,39,45,48,62-63,67H,4-6,9,12-15,18,21-24,27,30,32,34-35,37-38,40-44,46-47,49-61H2,1-3H3,(H,71,72)/b10-7-,11-8-,19-16-,20-17-,28-25-,29-26-,33-31-,39-36-,48-45-. The largest absolute Gasteiger partial charge is 0.472 e. The van der Waals surface area contributed by atoms with Crippen LogP contribution in [0.1, 0.15) is 252 Å². The first-order valence-electron chi connectivity index (χ1n) is 30.8. The summed E-state index contributed by atoms with van der Waals surface area (Å²) in [5, 5.41) is 9.84. The monoisotopic (exact) mass is 1110 g/mol. The number of ether oxygens (including phenoxy) is 3. The molecular weight excluding hydrogens is 1000 g/mol. The second-order valence-corrected chi connectivity index (χ2v) is 21.6. The van der Waals surface area contributed by atoms with Crippen molar-refractivity contribution in [1.29, 1.82) is 0 Å². The van der Waals surface area contributed by atoms with Crippen molar-refractivity contribution in [3.63, 3.8) is 0 Å². The molecule has 2 N–H and O–H groups in total. The fourth-order valence-corrected chi connectivity index (χ4v) is 8.87. The minimum absolute atomic E-state index is 0.0818. The molecule has 0 heterocycles. The van der Waals surface area contributed by atoms with E-state index >= 15 is 0 Å². The Morgan fingerprint density at radius 3 is 1.08 bits per heavy atom. The van der Waals surface area contributed by atoms with Crippen LogP contribution in [-0.4, -0.2) is 66.5 Å². The Balaban J connectivity index is 4.81. The van der Waals surface area contributed by atoms with Gasteiger partial charge in [-0.1, -0.05) is 246 Å². The summed E-state index contributed by atoms with van der Waals surface area (Å²) in [5.41, 5.74) is 0. The molecule has 0 aromatic rings. The quantitative estimate of drug-likeness (QED) is 0.0197. The minimum Gasteiger partial charge on any atom is -0.462 e. The molecule has 3 atom stereocenters. The second-order valence-electron chi connectivity index (χ2n) is 20.1. The number of hydrogen-bond acceptors (Lipinski definition) is 10. The topological polar surface area (TPSA) is 155 Å². The summed E-state index contributed by atoms with van der Waals surface area (Å²) >= 11 is 0. The molecule has 11 nitrogen and oxygen atoms in total. The molecule has 12 heteroatoms. The van der Waals surface area contributed by atoms with Crippen molar-refractivity contribution >= 4 is 25.7 Å². The highest BCUT2D eigenvalue weighted by Crippen LogP contribution is 2.43. The molecule has 0 aliphatic carbocycles. The van der Waals surface area contributed by atoms with Crippen LogP contribution in [0.25, 0.3) is 0 Å². The van der Waals surface area contributed by atoms with E-state index in [2.05, 4.69) is 118 Å². The van der Waals surface area contributed by atoms with Gasteiger partial charge in [0.05, 0.1) is 19.8 Å². The van der Waals surface area contributed by atoms with Crippen molar-refractivity contribution in [1.82, 2.24) is 0 Å². The lowest BCUT2D eigenvalue weighted by Gasteiger charge is -2.21. The van der Waals surface area contributed by atoms with Gasteiger partial charge in [0.15, 0.2) is 6.10 Å². The van der Waals surface area contributed by atoms with Gasteiger partial charge in [0.25, 0.3) is 0 Å². The van der Waals surface area contributed by atoms with Crippen LogP contribution in [0.2, 0.25) is 0 Å². The van der Waals surface area contributed by atoms with Crippen molar-refractivity contribution < 1.29 is 52.2 Å². The van der Waals surface area contributed by atoms with Crippen LogP contribution in [0.15, 0.2) is 109 Å². The van der Waals surface area contributed by atoms with Gasteiger partial charge in [-0.15, -0.1) is 0 Å². The predicted molar refractivity (Wildman–Crippen MR) is 325 cm³/mol. The minimum atomic E-state index is -4.77. The molecule has 0 bridgehead atoms. The van der Waals surface area contributed by atoms with Crippen LogP contribution in [0, 0.1) is 0 Å². The van der Waals surface area contributed by atoms with Crippen molar-refractivity contribution in [2.45, 2.75) is 264 Å². The number of phosphoric ester groups is 1. The summed E-state index contributed by atoms with van der Waals surface area (Å²) in [6.45, 7) is 4.36. The van der Waals surface area contributed by atoms with E-state index in [9.17, 15) is 28.9 Å². The number of unbranched alkanes of at least 4 members (excludes halogenated alkanes) is 21. The predicted octanol–water partition coefficient (Wildman–Crippen LogP) is 18.6. The SMILES string of the molecule is CC/C=C\C/C=C\C/C=C\C/C=C\C/C=C\CCCC(=O)OC(COC(=O)CCCCCCCC/C=C\C/C=C\C/C=C\C/C=C\CC)COP(=O)(O)OCC(CO)OC(=O)CCCCCCCCCCCCCCCCC. The Hall–Kier alpha value is -3.86. The molecule has 0 aliphatic rings. The lowest BCUT2D eigenvalue weighted by atomic mass is 10.0. The van der Waals surface area contributed by atoms with E-state index in [-0.39, 0.29) is 25.9 Å². The molecule has 0 radical (unpaired) electrons. The molecule has 0 amide bonds. The number of carbonyl (C=O) groups is 3. The van der Waals surface area contributed by atoms with Crippen LogP contribution in [0.3, 0.4) is 0 Å². The van der Waals surface area contributed by atoms with Gasteiger partial charge in [-0.05, 0) is 96.3 Å². The Kier molecular flexibility index (Phi) is 56.3. The van der Waals surface area contributed by atoms with Crippen molar-refractivity contribution in [3.05, 3.63) is 109 Å². The third-order valence-corrected chi connectivity index (χ3v) is 13.6. The molecule has 0 aromatic heterocycles. The zero-order valence-electron chi connectivity index (χ0n) is 49.3. The van der Waals surface area contributed by atoms with E-state index < -0.39 is 57.8 Å². The van der Waals surface area contributed by atoms with E-state index in [0.717, 1.165) is 116 Å². The maximum absolute atomic E-state index is 12.9. The van der Waals surface area contributed by atoms with Crippen LogP contribution in [-0.2, 0) is 42.2 Å². The van der Waals surface area contributed by atoms with E-state index in [1.807, 2.05) is 12.2 Å². The van der Waals surface area contributed by atoms with E-state index in [1.54, 1.807) is 0 Å². The van der Waals surface area contributed by atoms with Crippen LogP contribution in [0.4, 0.5) is 0 Å². The van der Waals surface area contributed by atoms with E-state index in [0.29, 0.717) is 25.7 Å². The average Bonchev–Trinajstić information content (AvgIpc) is 3.43. The number of rotatable bonds is 56. The highest BCUT2D eigenvalue weighted by molar-refractivity contribution is 7.47. The molecule has 0 saturated heterocycles. The molecule has 3 unspecified atom stereocenters. The number of aliphatic hydroxyl groups is 1. The van der Waals surface area contributed by atoms with Gasteiger partial charge in [0.2, 0.25) is 0 Å². The van der Waals surface area contributed by atoms with Crippen molar-refractivity contribution in [3.8, 4) is 0 Å². The number of allylic oxidation sites excluding steroid dienone is 18. The van der Waals surface area contributed by atoms with Crippen LogP contribution >= 0.6 is 7.82 Å². The number of esters is 3. The normalized spacial score (nSPS) is 14.1. The Morgan fingerprint density at radius 2 is 0.679 bits per heavy atom. The molecule has 0 fully saturated rings. The molecule has 0 aliphatic heterocycles. The second kappa shape index (κ2) is 59.3. The Bertz CT molecular complexity index is 1720. The smallest absolute Gasteiger partial charge is 0.462 e. The highest BCUT2D eigenvalue weighted by Gasteiger charge is 2.28. The summed E-state index contributed by atoms with van der Waals surface area (Å²) < 4.78 is 39.6. The Morgan fingerprint density at radius 1 is 0.372 bits per heavy atom. The van der Waals surface area contributed by atoms with Crippen molar-refractivity contribution in [2.24, 2.45) is 0 Å². The summed E-state index contributed by atoms with van der Waals surface area (Å²) in [7, 11) is -4.77. The fraction of sp³-hybridized carbons (Fsp3) is 0.682. The maximum atomic E-state index is 12.9. The van der Waals surface area contributed by atoms with Gasteiger partial charge in [-0.3, -0.25) is 23.4 Å². The van der Waals surface area contributed by atoms with Gasteiger partial charge < -0.3 is 24.2 Å². The molecule has 0 spiro atoms. The van der Waals surface area contributed by atoms with Gasteiger partial charge in [-0.25, -0.2) is 4.57 Å². The van der Waals surface area contributed by atoms with E-state index in [4.69, 9.17) is 23.3 Å². The van der Waals surface area contributed by atoms with Gasteiger partial charge in [-0.2, -0.15) is 0 Å². The molecule has 0 aromatic carbocycles. The lowest BCUT2D eigenvalue weighted by Crippen LogP contribution is -2.30. The molecule has 78 heavy (non-hydrogen) atoms. The summed E-state index contributed by atoms with van der Waals surface area (Å²) in [4.78, 5) is 48.7. The van der Waals surface area contributed by atoms with Crippen LogP contribution in [0.5, 0.6) is 0 Å². The third kappa shape index (κ3) is 56.8. The molecule has 446 valence electrons.